The molecule has 0 amide bonds. The lowest BCUT2D eigenvalue weighted by Gasteiger charge is -2.33. The Balaban J connectivity index is 1.60. The van der Waals surface area contributed by atoms with Crippen LogP contribution in [0.5, 0.6) is 0 Å². The molecule has 0 bridgehead atoms. The number of thiophene rings is 1. The number of aryl methyl sites for hydroxylation is 2. The molecule has 0 radical (unpaired) electrons. The van der Waals surface area contributed by atoms with Crippen LogP contribution >= 0.6 is 11.3 Å². The summed E-state index contributed by atoms with van der Waals surface area (Å²) in [5.41, 5.74) is 9.37. The quantitative estimate of drug-likeness (QED) is 0.205. The number of benzene rings is 6. The van der Waals surface area contributed by atoms with Crippen LogP contribution in [0.25, 0.3) is 20.2 Å². The molecular formula is C38H30N2S. The van der Waals surface area contributed by atoms with Crippen LogP contribution in [0.2, 0.25) is 0 Å². The Morgan fingerprint density at radius 1 is 0.390 bits per heavy atom. The monoisotopic (exact) mass is 546 g/mol. The first-order valence-electron chi connectivity index (χ1n) is 14.0. The Hall–Kier alpha value is -4.86. The molecule has 0 atom stereocenters. The Bertz CT molecular complexity index is 1870. The van der Waals surface area contributed by atoms with Crippen molar-refractivity contribution in [3.8, 4) is 0 Å². The van der Waals surface area contributed by atoms with Gasteiger partial charge >= 0.3 is 0 Å². The highest BCUT2D eigenvalue weighted by atomic mass is 32.1. The van der Waals surface area contributed by atoms with Gasteiger partial charge in [0.05, 0.1) is 11.4 Å². The zero-order chi connectivity index (χ0) is 27.8. The second-order valence-electron chi connectivity index (χ2n) is 10.4. The van der Waals surface area contributed by atoms with E-state index in [1.54, 1.807) is 0 Å². The van der Waals surface area contributed by atoms with Gasteiger partial charge in [-0.2, -0.15) is 0 Å². The van der Waals surface area contributed by atoms with E-state index in [2.05, 4.69) is 169 Å². The van der Waals surface area contributed by atoms with Crippen LogP contribution in [0.4, 0.5) is 34.1 Å². The van der Waals surface area contributed by atoms with Crippen LogP contribution in [0, 0.1) is 13.8 Å². The Kier molecular flexibility index (Phi) is 6.50. The largest absolute Gasteiger partial charge is 0.308 e. The first-order chi connectivity index (χ1) is 20.2. The third kappa shape index (κ3) is 4.65. The molecule has 0 aliphatic carbocycles. The van der Waals surface area contributed by atoms with Gasteiger partial charge in [-0.05, 0) is 97.8 Å². The van der Waals surface area contributed by atoms with Gasteiger partial charge in [0.15, 0.2) is 0 Å². The van der Waals surface area contributed by atoms with Crippen molar-refractivity contribution in [3.05, 3.63) is 157 Å². The molecule has 7 rings (SSSR count). The first-order valence-corrected chi connectivity index (χ1v) is 14.8. The van der Waals surface area contributed by atoms with Crippen LogP contribution in [0.1, 0.15) is 11.1 Å². The fourth-order valence-corrected chi connectivity index (χ4v) is 6.78. The minimum atomic E-state index is 1.12. The summed E-state index contributed by atoms with van der Waals surface area (Å²) < 4.78 is 2.60. The molecule has 6 aromatic carbocycles. The van der Waals surface area contributed by atoms with E-state index in [0.717, 1.165) is 34.1 Å². The zero-order valence-electron chi connectivity index (χ0n) is 23.2. The van der Waals surface area contributed by atoms with Crippen molar-refractivity contribution in [3.63, 3.8) is 0 Å². The molecule has 1 aromatic heterocycles. The molecule has 0 aliphatic heterocycles. The van der Waals surface area contributed by atoms with Crippen molar-refractivity contribution in [2.45, 2.75) is 13.8 Å². The Labute approximate surface area is 245 Å². The van der Waals surface area contributed by atoms with Crippen molar-refractivity contribution < 1.29 is 0 Å². The average molecular weight is 547 g/mol. The third-order valence-electron chi connectivity index (χ3n) is 7.72. The molecular weight excluding hydrogens is 516 g/mol. The highest BCUT2D eigenvalue weighted by Gasteiger charge is 2.24. The van der Waals surface area contributed by atoms with Crippen molar-refractivity contribution in [1.82, 2.24) is 0 Å². The fraction of sp³-hybridized carbons (Fsp3) is 0.0526. The van der Waals surface area contributed by atoms with Crippen molar-refractivity contribution in [2.24, 2.45) is 0 Å². The summed E-state index contributed by atoms with van der Waals surface area (Å²) in [7, 11) is 0. The van der Waals surface area contributed by atoms with E-state index in [0.29, 0.717) is 0 Å². The van der Waals surface area contributed by atoms with Crippen molar-refractivity contribution in [2.75, 3.05) is 9.80 Å². The second kappa shape index (κ2) is 10.6. The number of hydrogen-bond acceptors (Lipinski definition) is 3. The summed E-state index contributed by atoms with van der Waals surface area (Å²) in [5, 5.41) is 2.60. The fourth-order valence-electron chi connectivity index (χ4n) is 5.58. The van der Waals surface area contributed by atoms with Gasteiger partial charge in [-0.15, -0.1) is 11.3 Å². The summed E-state index contributed by atoms with van der Waals surface area (Å²) in [6.07, 6.45) is 0. The molecule has 41 heavy (non-hydrogen) atoms. The summed E-state index contributed by atoms with van der Waals surface area (Å²) in [6, 6.07) is 52.2. The number of nitrogens with zero attached hydrogens (tertiary/aromatic N) is 2. The van der Waals surface area contributed by atoms with E-state index >= 15 is 0 Å². The molecule has 0 saturated heterocycles. The van der Waals surface area contributed by atoms with Gasteiger partial charge in [0.1, 0.15) is 0 Å². The van der Waals surface area contributed by atoms with E-state index < -0.39 is 0 Å². The van der Waals surface area contributed by atoms with Crippen LogP contribution in [0.15, 0.2) is 146 Å². The molecule has 0 unspecified atom stereocenters. The summed E-state index contributed by atoms with van der Waals surface area (Å²) >= 11 is 1.87. The maximum absolute atomic E-state index is 2.40. The number of rotatable bonds is 6. The molecule has 0 aliphatic rings. The van der Waals surface area contributed by atoms with Crippen molar-refractivity contribution >= 4 is 65.6 Å². The number of para-hydroxylation sites is 4. The molecule has 0 fully saturated rings. The van der Waals surface area contributed by atoms with E-state index in [1.807, 2.05) is 11.3 Å². The smallest absolute Gasteiger partial charge is 0.0716 e. The standard InChI is InChI=1S/C38H30N2S/c1-27-23-33-34-25-35(39(29-15-7-3-8-16-29)30-17-9-4-10-18-30)36(26-38(34)41-37(33)24-28(27)2)40(31-19-11-5-12-20-31)32-21-13-6-14-22-32/h3-26H,1-2H3. The molecule has 1 heterocycles. The molecule has 2 nitrogen and oxygen atoms in total. The van der Waals surface area contributed by atoms with Gasteiger partial charge in [-0.3, -0.25) is 0 Å². The molecule has 3 heteroatoms. The lowest BCUT2D eigenvalue weighted by Crippen LogP contribution is -2.16. The maximum atomic E-state index is 2.40. The maximum Gasteiger partial charge on any atom is 0.0716 e. The molecule has 0 spiro atoms. The molecule has 198 valence electrons. The average Bonchev–Trinajstić information content (AvgIpc) is 3.35. The highest BCUT2D eigenvalue weighted by molar-refractivity contribution is 7.25. The van der Waals surface area contributed by atoms with E-state index in [9.17, 15) is 0 Å². The third-order valence-corrected chi connectivity index (χ3v) is 8.84. The van der Waals surface area contributed by atoms with Gasteiger partial charge in [0.25, 0.3) is 0 Å². The van der Waals surface area contributed by atoms with Gasteiger partial charge in [-0.25, -0.2) is 0 Å². The lowest BCUT2D eigenvalue weighted by molar-refractivity contribution is 1.23. The van der Waals surface area contributed by atoms with Crippen LogP contribution < -0.4 is 9.80 Å². The highest BCUT2D eigenvalue weighted by Crippen LogP contribution is 2.49. The summed E-state index contributed by atoms with van der Waals surface area (Å²) in [5.74, 6) is 0. The predicted molar refractivity (Wildman–Crippen MR) is 178 cm³/mol. The number of fused-ring (bicyclic) bond motifs is 3. The topological polar surface area (TPSA) is 6.48 Å². The predicted octanol–water partition coefficient (Wildman–Crippen LogP) is 11.6. The summed E-state index contributed by atoms with van der Waals surface area (Å²) in [4.78, 5) is 4.77. The van der Waals surface area contributed by atoms with E-state index in [-0.39, 0.29) is 0 Å². The van der Waals surface area contributed by atoms with Gasteiger partial charge < -0.3 is 9.80 Å². The van der Waals surface area contributed by atoms with Crippen LogP contribution in [0.3, 0.4) is 0 Å². The normalized spacial score (nSPS) is 11.2. The molecule has 0 saturated carbocycles. The van der Waals surface area contributed by atoms with E-state index in [1.165, 1.54) is 31.3 Å². The minimum absolute atomic E-state index is 1.12. The van der Waals surface area contributed by atoms with Gasteiger partial charge in [0, 0.05) is 42.9 Å². The van der Waals surface area contributed by atoms with Crippen LogP contribution in [-0.2, 0) is 0 Å². The molecule has 7 aromatic rings. The number of anilines is 6. The number of hydrogen-bond donors (Lipinski definition) is 0. The summed E-state index contributed by atoms with van der Waals surface area (Å²) in [6.45, 7) is 4.41. The van der Waals surface area contributed by atoms with Gasteiger partial charge in [-0.1, -0.05) is 72.8 Å². The first kappa shape index (κ1) is 25.1. The minimum Gasteiger partial charge on any atom is -0.308 e. The van der Waals surface area contributed by atoms with Crippen molar-refractivity contribution in [1.29, 1.82) is 0 Å². The zero-order valence-corrected chi connectivity index (χ0v) is 24.0. The Morgan fingerprint density at radius 3 is 1.17 bits per heavy atom. The molecule has 0 N–H and O–H groups in total. The Morgan fingerprint density at radius 2 is 0.732 bits per heavy atom. The SMILES string of the molecule is Cc1cc2sc3cc(N(c4ccccc4)c4ccccc4)c(N(c4ccccc4)c4ccccc4)cc3c2cc1C. The van der Waals surface area contributed by atoms with Crippen LogP contribution in [-0.4, -0.2) is 0 Å². The van der Waals surface area contributed by atoms with E-state index in [4.69, 9.17) is 0 Å². The van der Waals surface area contributed by atoms with Gasteiger partial charge in [0.2, 0.25) is 0 Å². The second-order valence-corrected chi connectivity index (χ2v) is 11.5. The lowest BCUT2D eigenvalue weighted by atomic mass is 10.0.